The number of anilines is 2. The number of pyridine rings is 1. The van der Waals surface area contributed by atoms with E-state index in [2.05, 4.69) is 15.4 Å². The van der Waals surface area contributed by atoms with Crippen LogP contribution >= 0.6 is 0 Å². The van der Waals surface area contributed by atoms with Crippen LogP contribution in [-0.2, 0) is 7.05 Å². The molecule has 33 heavy (non-hydrogen) atoms. The molecule has 1 amide bonds. The van der Waals surface area contributed by atoms with Crippen LogP contribution in [0.3, 0.4) is 0 Å². The van der Waals surface area contributed by atoms with Crippen molar-refractivity contribution in [3.05, 3.63) is 88.1 Å². The van der Waals surface area contributed by atoms with Gasteiger partial charge in [0.1, 0.15) is 11.5 Å². The minimum absolute atomic E-state index is 0.217. The lowest BCUT2D eigenvalue weighted by Crippen LogP contribution is -2.25. The zero-order chi connectivity index (χ0) is 23.1. The number of rotatable bonds is 4. The lowest BCUT2D eigenvalue weighted by atomic mass is 10.0. The summed E-state index contributed by atoms with van der Waals surface area (Å²) in [6.07, 6.45) is 6.16. The average molecular weight is 450 g/mol. The van der Waals surface area contributed by atoms with Gasteiger partial charge in [0.25, 0.3) is 11.5 Å². The number of amides is 1. The molecule has 1 aromatic carbocycles. The molecule has 5 rings (SSSR count). The van der Waals surface area contributed by atoms with E-state index in [0.29, 0.717) is 35.7 Å². The zero-order valence-electron chi connectivity index (χ0n) is 17.7. The van der Waals surface area contributed by atoms with Crippen LogP contribution in [-0.4, -0.2) is 31.6 Å². The van der Waals surface area contributed by atoms with E-state index in [1.165, 1.54) is 33.6 Å². The number of nitrogens with zero attached hydrogens (tertiary/aromatic N) is 5. The fourth-order valence-corrected chi connectivity index (χ4v) is 4.13. The molecule has 1 saturated heterocycles. The van der Waals surface area contributed by atoms with Gasteiger partial charge >= 0.3 is 0 Å². The highest BCUT2D eigenvalue weighted by atomic mass is 19.2. The summed E-state index contributed by atoms with van der Waals surface area (Å²) in [7, 11) is 1.60. The molecule has 1 unspecified atom stereocenters. The van der Waals surface area contributed by atoms with Crippen molar-refractivity contribution in [3.63, 3.8) is 0 Å². The molecule has 1 aliphatic heterocycles. The summed E-state index contributed by atoms with van der Waals surface area (Å²) in [4.78, 5) is 31.1. The van der Waals surface area contributed by atoms with Crippen molar-refractivity contribution in [3.8, 4) is 0 Å². The Morgan fingerprint density at radius 2 is 2.03 bits per heavy atom. The Kier molecular flexibility index (Phi) is 5.12. The predicted octanol–water partition coefficient (Wildman–Crippen LogP) is 3.30. The number of aryl methyl sites for hydroxylation is 1. The van der Waals surface area contributed by atoms with Crippen LogP contribution in [0.5, 0.6) is 0 Å². The van der Waals surface area contributed by atoms with Crippen LogP contribution in [0.1, 0.15) is 34.8 Å². The minimum Gasteiger partial charge on any atom is -0.349 e. The summed E-state index contributed by atoms with van der Waals surface area (Å²) in [5.74, 6) is -1.62. The summed E-state index contributed by atoms with van der Waals surface area (Å²) in [6, 6.07) is 8.40. The maximum absolute atomic E-state index is 14.5. The molecule has 0 saturated carbocycles. The number of fused-ring (bicyclic) bond motifs is 1. The first-order valence-electron chi connectivity index (χ1n) is 10.5. The Labute approximate surface area is 187 Å². The van der Waals surface area contributed by atoms with Crippen molar-refractivity contribution in [1.82, 2.24) is 19.2 Å². The van der Waals surface area contributed by atoms with E-state index in [0.717, 1.165) is 12.5 Å². The number of halogens is 2. The van der Waals surface area contributed by atoms with Crippen LogP contribution in [0.2, 0.25) is 0 Å². The Hall–Kier alpha value is -4.08. The van der Waals surface area contributed by atoms with Gasteiger partial charge in [0.05, 0.1) is 12.2 Å². The van der Waals surface area contributed by atoms with Crippen molar-refractivity contribution in [2.75, 3.05) is 16.8 Å². The number of nitrogens with one attached hydrogen (secondary N) is 1. The minimum atomic E-state index is -0.876. The molecule has 3 aromatic heterocycles. The second-order valence-corrected chi connectivity index (χ2v) is 7.93. The molecule has 1 fully saturated rings. The number of hydrogen-bond acceptors (Lipinski definition) is 5. The summed E-state index contributed by atoms with van der Waals surface area (Å²) in [5.41, 5.74) is 0.981. The maximum atomic E-state index is 14.5. The smallest absolute Gasteiger partial charge is 0.256 e. The molecule has 0 radical (unpaired) electrons. The van der Waals surface area contributed by atoms with Crippen LogP contribution in [0.15, 0.2) is 59.8 Å². The van der Waals surface area contributed by atoms with Gasteiger partial charge in [-0.3, -0.25) is 9.59 Å². The van der Waals surface area contributed by atoms with E-state index in [9.17, 15) is 18.4 Å². The standard InChI is InChI=1S/C23H20F2N6O2/c1-29-10-7-14(12-20(29)32)23(33)27-17-13-26-31-11-8-19(28-22(17)31)30-9-3-6-18(30)15-4-2-5-16(24)21(15)25/h2,4-5,7-8,10-13,18H,3,6,9H2,1H3,(H,27,33). The van der Waals surface area contributed by atoms with E-state index >= 15 is 0 Å². The third-order valence-electron chi connectivity index (χ3n) is 5.86. The highest BCUT2D eigenvalue weighted by molar-refractivity contribution is 6.05. The van der Waals surface area contributed by atoms with Crippen molar-refractivity contribution >= 4 is 23.1 Å². The molecule has 168 valence electrons. The van der Waals surface area contributed by atoms with Crippen LogP contribution in [0, 0.1) is 11.6 Å². The first-order valence-corrected chi connectivity index (χ1v) is 10.5. The molecular formula is C23H20F2N6O2. The molecule has 1 aliphatic rings. The van der Waals surface area contributed by atoms with E-state index in [4.69, 9.17) is 0 Å². The molecule has 8 nitrogen and oxygen atoms in total. The molecule has 4 heterocycles. The summed E-state index contributed by atoms with van der Waals surface area (Å²) >= 11 is 0. The molecule has 1 atom stereocenters. The van der Waals surface area contributed by atoms with E-state index in [1.54, 1.807) is 31.4 Å². The van der Waals surface area contributed by atoms with Crippen LogP contribution < -0.4 is 15.8 Å². The fraction of sp³-hybridized carbons (Fsp3) is 0.217. The van der Waals surface area contributed by atoms with E-state index in [-0.39, 0.29) is 17.2 Å². The fourth-order valence-electron chi connectivity index (χ4n) is 4.13. The highest BCUT2D eigenvalue weighted by Crippen LogP contribution is 2.37. The number of carbonyl (C=O) groups is 1. The van der Waals surface area contributed by atoms with E-state index in [1.807, 2.05) is 4.90 Å². The molecular weight excluding hydrogens is 430 g/mol. The number of benzene rings is 1. The summed E-state index contributed by atoms with van der Waals surface area (Å²) < 4.78 is 31.1. The topological polar surface area (TPSA) is 84.5 Å². The number of carbonyl (C=O) groups excluding carboxylic acids is 1. The first-order chi connectivity index (χ1) is 15.9. The van der Waals surface area contributed by atoms with Gasteiger partial charge in [0.2, 0.25) is 0 Å². The largest absolute Gasteiger partial charge is 0.349 e. The maximum Gasteiger partial charge on any atom is 0.256 e. The number of hydrogen-bond donors (Lipinski definition) is 1. The van der Waals surface area contributed by atoms with Gasteiger partial charge < -0.3 is 14.8 Å². The van der Waals surface area contributed by atoms with Gasteiger partial charge in [-0.25, -0.2) is 18.3 Å². The molecule has 10 heteroatoms. The van der Waals surface area contributed by atoms with Crippen molar-refractivity contribution < 1.29 is 13.6 Å². The van der Waals surface area contributed by atoms with Crippen molar-refractivity contribution in [2.24, 2.45) is 7.05 Å². The number of aromatic nitrogens is 4. The normalized spacial score (nSPS) is 15.8. The molecule has 0 bridgehead atoms. The van der Waals surface area contributed by atoms with Crippen LogP contribution in [0.4, 0.5) is 20.3 Å². The predicted molar refractivity (Wildman–Crippen MR) is 118 cm³/mol. The third kappa shape index (κ3) is 3.73. The lowest BCUT2D eigenvalue weighted by Gasteiger charge is -2.26. The first kappa shape index (κ1) is 20.8. The molecule has 4 aromatic rings. The Morgan fingerprint density at radius 1 is 1.18 bits per heavy atom. The van der Waals surface area contributed by atoms with Gasteiger partial charge in [0.15, 0.2) is 17.3 Å². The summed E-state index contributed by atoms with van der Waals surface area (Å²) in [6.45, 7) is 0.632. The van der Waals surface area contributed by atoms with Crippen molar-refractivity contribution in [2.45, 2.75) is 18.9 Å². The van der Waals surface area contributed by atoms with Gasteiger partial charge in [0, 0.05) is 43.2 Å². The Bertz CT molecular complexity index is 1430. The van der Waals surface area contributed by atoms with Gasteiger partial charge in [-0.2, -0.15) is 5.10 Å². The SMILES string of the molecule is Cn1ccc(C(=O)Nc2cnn3ccc(N4CCCC4c4cccc(F)c4F)nc23)cc1=O. The monoisotopic (exact) mass is 450 g/mol. The second-order valence-electron chi connectivity index (χ2n) is 7.93. The highest BCUT2D eigenvalue weighted by Gasteiger charge is 2.30. The van der Waals surface area contributed by atoms with Crippen molar-refractivity contribution in [1.29, 1.82) is 0 Å². The lowest BCUT2D eigenvalue weighted by molar-refractivity contribution is 0.102. The van der Waals surface area contributed by atoms with Gasteiger partial charge in [-0.15, -0.1) is 0 Å². The molecule has 0 spiro atoms. The molecule has 1 N–H and O–H groups in total. The zero-order valence-corrected chi connectivity index (χ0v) is 17.7. The average Bonchev–Trinajstić information content (AvgIpc) is 3.44. The second kappa shape index (κ2) is 8.12. The quantitative estimate of drug-likeness (QED) is 0.516. The summed E-state index contributed by atoms with van der Waals surface area (Å²) in [5, 5.41) is 6.96. The Balaban J connectivity index is 1.46. The van der Waals surface area contributed by atoms with Crippen LogP contribution in [0.25, 0.3) is 5.65 Å². The van der Waals surface area contributed by atoms with E-state index < -0.39 is 17.5 Å². The molecule has 0 aliphatic carbocycles. The van der Waals surface area contributed by atoms with Gasteiger partial charge in [-0.05, 0) is 31.0 Å². The van der Waals surface area contributed by atoms with Gasteiger partial charge in [-0.1, -0.05) is 12.1 Å². The third-order valence-corrected chi connectivity index (χ3v) is 5.86. The Morgan fingerprint density at radius 3 is 2.85 bits per heavy atom.